The Morgan fingerprint density at radius 1 is 0.590 bits per heavy atom. The van der Waals surface area contributed by atoms with Crippen molar-refractivity contribution >= 4 is 0 Å². The van der Waals surface area contributed by atoms with Gasteiger partial charge in [-0.2, -0.15) is 0 Å². The molecule has 1 spiro atoms. The number of ether oxygens (including phenoxy) is 8. The normalized spacial score (nSPS) is 59.7. The Labute approximate surface area is 359 Å². The van der Waals surface area contributed by atoms with Crippen LogP contribution in [0.25, 0.3) is 0 Å². The maximum Gasteiger partial charge on any atom is 0.187 e. The molecule has 0 aromatic carbocycles. The molecular weight excluding hydrogens is 796 g/mol. The van der Waals surface area contributed by atoms with Crippen LogP contribution < -0.4 is 0 Å². The molecule has 9 rings (SSSR count). The van der Waals surface area contributed by atoms with E-state index in [1.165, 1.54) is 26.7 Å². The van der Waals surface area contributed by atoms with Crippen molar-refractivity contribution in [2.75, 3.05) is 13.2 Å². The fraction of sp³-hybridized carbons (Fsp3) is 1.00. The summed E-state index contributed by atoms with van der Waals surface area (Å²) in [6.07, 6.45) is -11.0. The van der Waals surface area contributed by atoms with E-state index >= 15 is 0 Å². The molecular formula is C45H74O16. The number of aliphatic hydroxyl groups is 8. The quantitative estimate of drug-likeness (QED) is 0.169. The summed E-state index contributed by atoms with van der Waals surface area (Å²) in [4.78, 5) is 0. The molecule has 16 nitrogen and oxygen atoms in total. The predicted octanol–water partition coefficient (Wildman–Crippen LogP) is 1.32. The van der Waals surface area contributed by atoms with Crippen molar-refractivity contribution in [1.82, 2.24) is 0 Å². The molecule has 0 radical (unpaired) electrons. The molecule has 350 valence electrons. The molecule has 0 amide bonds. The van der Waals surface area contributed by atoms with E-state index in [0.29, 0.717) is 41.4 Å². The van der Waals surface area contributed by atoms with Gasteiger partial charge in [0.2, 0.25) is 0 Å². The Kier molecular flexibility index (Phi) is 12.6. The molecule has 4 saturated carbocycles. The van der Waals surface area contributed by atoms with Crippen LogP contribution in [0.4, 0.5) is 0 Å². The van der Waals surface area contributed by atoms with Gasteiger partial charge in [-0.05, 0) is 118 Å². The van der Waals surface area contributed by atoms with Gasteiger partial charge >= 0.3 is 0 Å². The molecule has 0 bridgehead atoms. The van der Waals surface area contributed by atoms with Crippen LogP contribution in [0.5, 0.6) is 0 Å². The fourth-order valence-corrected chi connectivity index (χ4v) is 14.6. The molecule has 5 aliphatic heterocycles. The van der Waals surface area contributed by atoms with E-state index in [9.17, 15) is 40.9 Å². The van der Waals surface area contributed by atoms with Crippen molar-refractivity contribution in [3.8, 4) is 0 Å². The fourth-order valence-electron chi connectivity index (χ4n) is 14.6. The highest BCUT2D eigenvalue weighted by Gasteiger charge is 2.69. The maximum absolute atomic E-state index is 12.0. The van der Waals surface area contributed by atoms with E-state index < -0.39 is 105 Å². The second kappa shape index (κ2) is 16.9. The first-order valence-electron chi connectivity index (χ1n) is 23.5. The third-order valence-electron chi connectivity index (χ3n) is 18.2. The van der Waals surface area contributed by atoms with Crippen LogP contribution in [0.2, 0.25) is 0 Å². The van der Waals surface area contributed by atoms with Crippen molar-refractivity contribution < 1.29 is 78.7 Å². The number of aliphatic hydroxyl groups excluding tert-OH is 8. The summed E-state index contributed by atoms with van der Waals surface area (Å²) in [7, 11) is 0. The molecule has 61 heavy (non-hydrogen) atoms. The van der Waals surface area contributed by atoms with Crippen LogP contribution in [0.3, 0.4) is 0 Å². The van der Waals surface area contributed by atoms with E-state index in [-0.39, 0.29) is 23.0 Å². The highest BCUT2D eigenvalue weighted by molar-refractivity contribution is 5.15. The number of rotatable bonds is 7. The van der Waals surface area contributed by atoms with Gasteiger partial charge < -0.3 is 78.7 Å². The van der Waals surface area contributed by atoms with E-state index in [0.717, 1.165) is 58.0 Å². The van der Waals surface area contributed by atoms with Crippen LogP contribution >= 0.6 is 0 Å². The molecule has 0 aromatic heterocycles. The molecule has 0 unspecified atom stereocenters. The first kappa shape index (κ1) is 45.5. The zero-order valence-corrected chi connectivity index (χ0v) is 36.7. The molecule has 0 aromatic rings. The lowest BCUT2D eigenvalue weighted by Gasteiger charge is -2.61. The maximum atomic E-state index is 12.0. The largest absolute Gasteiger partial charge is 0.394 e. The zero-order chi connectivity index (χ0) is 43.5. The summed E-state index contributed by atoms with van der Waals surface area (Å²) in [6.45, 7) is 12.9. The third-order valence-corrected chi connectivity index (χ3v) is 18.2. The minimum Gasteiger partial charge on any atom is -0.394 e. The van der Waals surface area contributed by atoms with Crippen LogP contribution in [-0.4, -0.2) is 164 Å². The van der Waals surface area contributed by atoms with Gasteiger partial charge in [-0.15, -0.1) is 0 Å². The summed E-state index contributed by atoms with van der Waals surface area (Å²) in [5.74, 6) is 3.27. The first-order valence-corrected chi connectivity index (χ1v) is 23.5. The molecule has 8 N–H and O–H groups in total. The van der Waals surface area contributed by atoms with Crippen LogP contribution in [0.1, 0.15) is 106 Å². The molecule has 9 fully saturated rings. The van der Waals surface area contributed by atoms with Crippen LogP contribution in [0.15, 0.2) is 0 Å². The van der Waals surface area contributed by atoms with E-state index in [1.54, 1.807) is 0 Å². The van der Waals surface area contributed by atoms with Gasteiger partial charge in [-0.25, -0.2) is 0 Å². The van der Waals surface area contributed by atoms with Crippen molar-refractivity contribution in [1.29, 1.82) is 0 Å². The molecule has 27 atom stereocenters. The smallest absolute Gasteiger partial charge is 0.187 e. The highest BCUT2D eigenvalue weighted by atomic mass is 16.8. The Morgan fingerprint density at radius 3 is 1.85 bits per heavy atom. The minimum absolute atomic E-state index is 0.122. The van der Waals surface area contributed by atoms with Gasteiger partial charge in [0, 0.05) is 12.3 Å². The summed E-state index contributed by atoms with van der Waals surface area (Å²) in [5.41, 5.74) is 0.350. The topological polar surface area (TPSA) is 236 Å². The second-order valence-corrected chi connectivity index (χ2v) is 21.5. The average Bonchev–Trinajstić information content (AvgIpc) is 3.69. The molecule has 16 heteroatoms. The Bertz CT molecular complexity index is 1530. The minimum atomic E-state index is -1.70. The zero-order valence-electron chi connectivity index (χ0n) is 36.7. The third kappa shape index (κ3) is 7.50. The Hall–Kier alpha value is -0.640. The lowest BCUT2D eigenvalue weighted by atomic mass is 9.44. The van der Waals surface area contributed by atoms with Crippen molar-refractivity contribution in [2.45, 2.75) is 216 Å². The standard InChI is InChI=1S/C45H74O16/c1-19-9-14-45(54-18-19)20(2)30-28(61-45)16-27-25-8-7-23-15-24(10-12-43(23,5)26(25)11-13-44(27,30)6)57-42-39(60-41-36(52)34(50)32(48)22(4)56-41)37(53)38(29(17-46)58-42)59-40-35(51)33(49)31(47)21(3)55-40/h19-42,46-53H,7-18H2,1-6H3/t19-,20+,21+,22+,23+,24+,25-,26+,27+,28+,29-,30+,31+,32+,33-,34-,35-,36-,37+,38-,39-,40+,41+,42-,43+,44+,45-/m1/s1. The lowest BCUT2D eigenvalue weighted by molar-refractivity contribution is -0.389. The summed E-state index contributed by atoms with van der Waals surface area (Å²) < 4.78 is 50.3. The van der Waals surface area contributed by atoms with Crippen molar-refractivity contribution in [2.24, 2.45) is 52.3 Å². The number of hydrogen-bond donors (Lipinski definition) is 8. The Balaban J connectivity index is 0.897. The Morgan fingerprint density at radius 2 is 1.23 bits per heavy atom. The second-order valence-electron chi connectivity index (χ2n) is 21.5. The first-order chi connectivity index (χ1) is 28.9. The predicted molar refractivity (Wildman–Crippen MR) is 213 cm³/mol. The summed E-state index contributed by atoms with van der Waals surface area (Å²) >= 11 is 0. The highest BCUT2D eigenvalue weighted by Crippen LogP contribution is 2.71. The van der Waals surface area contributed by atoms with Crippen LogP contribution in [0, 0.1) is 52.3 Å². The number of fused-ring (bicyclic) bond motifs is 7. The van der Waals surface area contributed by atoms with Crippen LogP contribution in [-0.2, 0) is 37.9 Å². The monoisotopic (exact) mass is 870 g/mol. The van der Waals surface area contributed by atoms with Crippen molar-refractivity contribution in [3.63, 3.8) is 0 Å². The van der Waals surface area contributed by atoms with E-state index in [1.807, 2.05) is 0 Å². The van der Waals surface area contributed by atoms with Gasteiger partial charge in [0.15, 0.2) is 24.7 Å². The average molecular weight is 871 g/mol. The number of hydrogen-bond acceptors (Lipinski definition) is 16. The van der Waals surface area contributed by atoms with Gasteiger partial charge in [0.05, 0.1) is 37.6 Å². The summed E-state index contributed by atoms with van der Waals surface area (Å²) in [5, 5.41) is 85.9. The SMILES string of the molecule is C[C@@H]1CC[C@@]2(OC1)O[C@H]1C[C@H]3[C@@H]4CC[C@H]5C[C@@H](O[C@@H]6O[C@H](CO)[C@@H](O[C@@H]7O[C@@H](C)[C@H](O)[C@@H](O)[C@H]7O)[C@H](O)[C@H]6O[C@@H]6O[C@@H](C)[C@H](O)[C@@H](O)[C@H]6O)CC[C@]5(C)[C@H]4CC[C@]3(C)[C@H]1[C@@H]2C. The van der Waals surface area contributed by atoms with Gasteiger partial charge in [-0.3, -0.25) is 0 Å². The van der Waals surface area contributed by atoms with Gasteiger partial charge in [-0.1, -0.05) is 27.7 Å². The van der Waals surface area contributed by atoms with Gasteiger partial charge in [0.1, 0.15) is 61.0 Å². The molecule has 4 aliphatic carbocycles. The van der Waals surface area contributed by atoms with Crippen molar-refractivity contribution in [3.05, 3.63) is 0 Å². The lowest BCUT2D eigenvalue weighted by Crippen LogP contribution is -2.66. The van der Waals surface area contributed by atoms with E-state index in [4.69, 9.17) is 37.9 Å². The molecule has 5 heterocycles. The van der Waals surface area contributed by atoms with Gasteiger partial charge in [0.25, 0.3) is 0 Å². The summed E-state index contributed by atoms with van der Waals surface area (Å²) in [6, 6.07) is 0. The van der Waals surface area contributed by atoms with E-state index in [2.05, 4.69) is 27.7 Å². The molecule has 9 aliphatic rings. The molecule has 5 saturated heterocycles.